The molecule has 1 fully saturated rings. The van der Waals surface area contributed by atoms with Crippen LogP contribution in [0.25, 0.3) is 11.1 Å². The summed E-state index contributed by atoms with van der Waals surface area (Å²) in [4.78, 5) is 27.4. The van der Waals surface area contributed by atoms with Crippen molar-refractivity contribution >= 4 is 5.91 Å². The van der Waals surface area contributed by atoms with Gasteiger partial charge in [0, 0.05) is 49.0 Å². The third-order valence-corrected chi connectivity index (χ3v) is 5.15. The number of aromatic nitrogens is 5. The molecule has 1 saturated heterocycles. The molecule has 3 aromatic rings. The standard InChI is InChI=1S/C22H26N6O3/c1-14(2)22-27-26-20(31-22)4-5-21(29)28-6-7-30-19(12-28)18-9-16(8-15(3)25-18)17-10-23-13-24-11-17/h8-11,13-14,19H,4-7,12H2,1-3H3/t19-/m0/s1. The van der Waals surface area contributed by atoms with Gasteiger partial charge in [-0.2, -0.15) is 0 Å². The van der Waals surface area contributed by atoms with Crippen molar-refractivity contribution in [3.63, 3.8) is 0 Å². The van der Waals surface area contributed by atoms with Crippen molar-refractivity contribution in [3.05, 3.63) is 54.0 Å². The fraction of sp³-hybridized carbons (Fsp3) is 0.455. The summed E-state index contributed by atoms with van der Waals surface area (Å²) < 4.78 is 11.6. The Hall–Kier alpha value is -3.20. The number of nitrogens with zero attached hydrogens (tertiary/aromatic N) is 6. The molecule has 0 saturated carbocycles. The maximum Gasteiger partial charge on any atom is 0.223 e. The number of pyridine rings is 1. The zero-order valence-electron chi connectivity index (χ0n) is 18.0. The molecule has 3 aromatic heterocycles. The van der Waals surface area contributed by atoms with Crippen LogP contribution in [0, 0.1) is 6.92 Å². The van der Waals surface area contributed by atoms with Crippen LogP contribution in [-0.4, -0.2) is 55.7 Å². The first-order valence-electron chi connectivity index (χ1n) is 10.4. The lowest BCUT2D eigenvalue weighted by molar-refractivity contribution is -0.139. The third-order valence-electron chi connectivity index (χ3n) is 5.15. The molecule has 0 spiro atoms. The summed E-state index contributed by atoms with van der Waals surface area (Å²) >= 11 is 0. The Kier molecular flexibility index (Phi) is 6.31. The summed E-state index contributed by atoms with van der Waals surface area (Å²) in [6.45, 7) is 7.41. The lowest BCUT2D eigenvalue weighted by Crippen LogP contribution is -2.42. The van der Waals surface area contributed by atoms with Crippen LogP contribution in [0.4, 0.5) is 0 Å². The highest BCUT2D eigenvalue weighted by atomic mass is 16.5. The molecule has 0 aromatic carbocycles. The fourth-order valence-electron chi connectivity index (χ4n) is 3.50. The molecule has 0 unspecified atom stereocenters. The van der Waals surface area contributed by atoms with Gasteiger partial charge in [-0.05, 0) is 24.6 Å². The van der Waals surface area contributed by atoms with E-state index in [9.17, 15) is 4.79 Å². The molecular formula is C22H26N6O3. The van der Waals surface area contributed by atoms with Crippen LogP contribution in [0.5, 0.6) is 0 Å². The van der Waals surface area contributed by atoms with Gasteiger partial charge < -0.3 is 14.1 Å². The van der Waals surface area contributed by atoms with Crippen molar-refractivity contribution in [1.82, 2.24) is 30.0 Å². The summed E-state index contributed by atoms with van der Waals surface area (Å²) in [5.74, 6) is 1.31. The molecule has 162 valence electrons. The summed E-state index contributed by atoms with van der Waals surface area (Å²) in [6.07, 6.45) is 5.51. The molecule has 0 aliphatic carbocycles. The van der Waals surface area contributed by atoms with Crippen LogP contribution in [0.3, 0.4) is 0 Å². The van der Waals surface area contributed by atoms with Gasteiger partial charge in [-0.15, -0.1) is 10.2 Å². The van der Waals surface area contributed by atoms with Crippen molar-refractivity contribution in [3.8, 4) is 11.1 Å². The first-order valence-corrected chi connectivity index (χ1v) is 10.4. The Morgan fingerprint density at radius 2 is 2.00 bits per heavy atom. The van der Waals surface area contributed by atoms with Crippen LogP contribution < -0.4 is 0 Å². The van der Waals surface area contributed by atoms with Crippen molar-refractivity contribution in [2.75, 3.05) is 19.7 Å². The van der Waals surface area contributed by atoms with Crippen LogP contribution in [0.2, 0.25) is 0 Å². The molecule has 4 heterocycles. The molecule has 4 rings (SSSR count). The summed E-state index contributed by atoms with van der Waals surface area (Å²) in [5.41, 5.74) is 3.57. The second-order valence-electron chi connectivity index (χ2n) is 7.94. The number of carbonyl (C=O) groups is 1. The van der Waals surface area contributed by atoms with E-state index in [2.05, 4.69) is 25.1 Å². The van der Waals surface area contributed by atoms with E-state index in [0.29, 0.717) is 44.3 Å². The average molecular weight is 422 g/mol. The smallest absolute Gasteiger partial charge is 0.223 e. The minimum Gasteiger partial charge on any atom is -0.425 e. The Bertz CT molecular complexity index is 1040. The van der Waals surface area contributed by atoms with E-state index in [-0.39, 0.29) is 17.9 Å². The second-order valence-corrected chi connectivity index (χ2v) is 7.94. The maximum atomic E-state index is 12.8. The molecule has 0 bridgehead atoms. The highest BCUT2D eigenvalue weighted by Gasteiger charge is 2.27. The van der Waals surface area contributed by atoms with Crippen LogP contribution in [-0.2, 0) is 16.0 Å². The van der Waals surface area contributed by atoms with Crippen LogP contribution in [0.15, 0.2) is 35.3 Å². The average Bonchev–Trinajstić information content (AvgIpc) is 3.27. The van der Waals surface area contributed by atoms with Gasteiger partial charge in [-0.3, -0.25) is 9.78 Å². The Balaban J connectivity index is 1.42. The van der Waals surface area contributed by atoms with E-state index in [0.717, 1.165) is 22.5 Å². The van der Waals surface area contributed by atoms with Gasteiger partial charge in [0.25, 0.3) is 0 Å². The van der Waals surface area contributed by atoms with Crippen molar-refractivity contribution in [2.45, 2.75) is 45.6 Å². The number of carbonyl (C=O) groups excluding carboxylic acids is 1. The van der Waals surface area contributed by atoms with Gasteiger partial charge in [-0.25, -0.2) is 9.97 Å². The quantitative estimate of drug-likeness (QED) is 0.597. The van der Waals surface area contributed by atoms with Gasteiger partial charge in [0.15, 0.2) is 0 Å². The largest absolute Gasteiger partial charge is 0.425 e. The summed E-state index contributed by atoms with van der Waals surface area (Å²) in [6, 6.07) is 3.97. The fourth-order valence-corrected chi connectivity index (χ4v) is 3.50. The van der Waals surface area contributed by atoms with E-state index in [4.69, 9.17) is 9.15 Å². The number of amides is 1. The van der Waals surface area contributed by atoms with Gasteiger partial charge >= 0.3 is 0 Å². The highest BCUT2D eigenvalue weighted by Crippen LogP contribution is 2.26. The molecule has 9 nitrogen and oxygen atoms in total. The number of rotatable bonds is 6. The van der Waals surface area contributed by atoms with Gasteiger partial charge in [0.05, 0.1) is 18.8 Å². The maximum absolute atomic E-state index is 12.8. The second kappa shape index (κ2) is 9.30. The van der Waals surface area contributed by atoms with Crippen molar-refractivity contribution < 1.29 is 13.9 Å². The molecule has 31 heavy (non-hydrogen) atoms. The van der Waals surface area contributed by atoms with Gasteiger partial charge in [-0.1, -0.05) is 13.8 Å². The molecule has 1 aliphatic heterocycles. The summed E-state index contributed by atoms with van der Waals surface area (Å²) in [5, 5.41) is 8.05. The zero-order chi connectivity index (χ0) is 21.8. The Labute approximate surface area is 180 Å². The monoisotopic (exact) mass is 422 g/mol. The number of morpholine rings is 1. The van der Waals surface area contributed by atoms with E-state index in [1.54, 1.807) is 12.4 Å². The SMILES string of the molecule is Cc1cc(-c2cncnc2)cc([C@@H]2CN(C(=O)CCc3nnc(C(C)C)o3)CCO2)n1. The van der Waals surface area contributed by atoms with E-state index < -0.39 is 0 Å². The molecule has 1 amide bonds. The van der Waals surface area contributed by atoms with E-state index >= 15 is 0 Å². The zero-order valence-corrected chi connectivity index (χ0v) is 18.0. The molecular weight excluding hydrogens is 396 g/mol. The highest BCUT2D eigenvalue weighted by molar-refractivity contribution is 5.76. The predicted molar refractivity (Wildman–Crippen MR) is 112 cm³/mol. The normalized spacial score (nSPS) is 16.6. The number of ether oxygens (including phenoxy) is 1. The minimum absolute atomic E-state index is 0.0435. The van der Waals surface area contributed by atoms with Crippen molar-refractivity contribution in [2.24, 2.45) is 0 Å². The molecule has 1 aliphatic rings. The lowest BCUT2D eigenvalue weighted by Gasteiger charge is -2.33. The van der Waals surface area contributed by atoms with Gasteiger partial charge in [0.1, 0.15) is 12.4 Å². The number of aryl methyl sites for hydroxylation is 2. The lowest BCUT2D eigenvalue weighted by atomic mass is 10.1. The topological polar surface area (TPSA) is 107 Å². The third kappa shape index (κ3) is 5.11. The van der Waals surface area contributed by atoms with E-state index in [1.165, 1.54) is 6.33 Å². The minimum atomic E-state index is -0.281. The number of hydrogen-bond donors (Lipinski definition) is 0. The molecule has 0 N–H and O–H groups in total. The first-order chi connectivity index (χ1) is 15.0. The predicted octanol–water partition coefficient (Wildman–Crippen LogP) is 2.89. The molecule has 1 atom stereocenters. The van der Waals surface area contributed by atoms with E-state index in [1.807, 2.05) is 37.8 Å². The van der Waals surface area contributed by atoms with Gasteiger partial charge in [0.2, 0.25) is 17.7 Å². The van der Waals surface area contributed by atoms with Crippen LogP contribution >= 0.6 is 0 Å². The first kappa shape index (κ1) is 21.0. The van der Waals surface area contributed by atoms with Crippen molar-refractivity contribution in [1.29, 1.82) is 0 Å². The summed E-state index contributed by atoms with van der Waals surface area (Å²) in [7, 11) is 0. The Morgan fingerprint density at radius 3 is 2.74 bits per heavy atom. The molecule has 0 radical (unpaired) electrons. The molecule has 9 heteroatoms. The van der Waals surface area contributed by atoms with Crippen LogP contribution in [0.1, 0.15) is 55.5 Å². The number of hydrogen-bond acceptors (Lipinski definition) is 8. The Morgan fingerprint density at radius 1 is 1.19 bits per heavy atom.